The fraction of sp³-hybridized carbons (Fsp3) is 1.00. The molecule has 1 N–H and O–H groups in total. The van der Waals surface area contributed by atoms with Crippen LogP contribution in [-0.2, 0) is 9.47 Å². The Hall–Kier alpha value is -0.120. The molecule has 0 aromatic heterocycles. The lowest BCUT2D eigenvalue weighted by Crippen LogP contribution is -2.25. The van der Waals surface area contributed by atoms with E-state index in [-0.39, 0.29) is 0 Å². The second kappa shape index (κ2) is 12.9. The van der Waals surface area contributed by atoms with Crippen LogP contribution in [0.2, 0.25) is 0 Å². The van der Waals surface area contributed by atoms with Gasteiger partial charge in [-0.1, -0.05) is 26.7 Å². The van der Waals surface area contributed by atoms with Gasteiger partial charge < -0.3 is 14.8 Å². The summed E-state index contributed by atoms with van der Waals surface area (Å²) in [5, 5.41) is 3.31. The molecule has 16 heavy (non-hydrogen) atoms. The monoisotopic (exact) mass is 231 g/mol. The van der Waals surface area contributed by atoms with Crippen molar-refractivity contribution in [2.75, 3.05) is 32.9 Å². The Morgan fingerprint density at radius 1 is 1.00 bits per heavy atom. The highest BCUT2D eigenvalue weighted by molar-refractivity contribution is 4.50. The van der Waals surface area contributed by atoms with Gasteiger partial charge in [-0.3, -0.25) is 0 Å². The van der Waals surface area contributed by atoms with Crippen LogP contribution in [0.5, 0.6) is 0 Å². The topological polar surface area (TPSA) is 30.5 Å². The maximum absolute atomic E-state index is 5.62. The summed E-state index contributed by atoms with van der Waals surface area (Å²) in [6.45, 7) is 10.9. The smallest absolute Gasteiger partial charge is 0.0594 e. The van der Waals surface area contributed by atoms with Crippen molar-refractivity contribution in [1.82, 2.24) is 5.32 Å². The van der Waals surface area contributed by atoms with Gasteiger partial charge in [-0.2, -0.15) is 0 Å². The van der Waals surface area contributed by atoms with E-state index in [4.69, 9.17) is 9.47 Å². The van der Waals surface area contributed by atoms with Crippen LogP contribution in [-0.4, -0.2) is 39.0 Å². The summed E-state index contributed by atoms with van der Waals surface area (Å²) >= 11 is 0. The van der Waals surface area contributed by atoms with E-state index in [9.17, 15) is 0 Å². The Morgan fingerprint density at radius 3 is 2.44 bits per heavy atom. The number of hydrogen-bond acceptors (Lipinski definition) is 3. The van der Waals surface area contributed by atoms with E-state index in [1.165, 1.54) is 12.8 Å². The first kappa shape index (κ1) is 15.9. The van der Waals surface area contributed by atoms with Gasteiger partial charge in [0.05, 0.1) is 19.3 Å². The molecule has 0 aliphatic heterocycles. The molecule has 98 valence electrons. The van der Waals surface area contributed by atoms with Crippen LogP contribution in [0.3, 0.4) is 0 Å². The summed E-state index contributed by atoms with van der Waals surface area (Å²) in [4.78, 5) is 0. The van der Waals surface area contributed by atoms with E-state index < -0.39 is 0 Å². The molecule has 0 saturated carbocycles. The minimum absolute atomic E-state index is 0.396. The zero-order valence-electron chi connectivity index (χ0n) is 11.3. The Morgan fingerprint density at radius 2 is 1.75 bits per heavy atom. The van der Waals surface area contributed by atoms with Gasteiger partial charge in [0.15, 0.2) is 0 Å². The predicted octanol–water partition coefficient (Wildman–Crippen LogP) is 2.60. The molecule has 0 rings (SSSR count). The predicted molar refractivity (Wildman–Crippen MR) is 68.9 cm³/mol. The quantitative estimate of drug-likeness (QED) is 0.524. The second-order valence-corrected chi connectivity index (χ2v) is 4.19. The molecule has 0 aromatic carbocycles. The van der Waals surface area contributed by atoms with Gasteiger partial charge in [-0.05, 0) is 19.8 Å². The van der Waals surface area contributed by atoms with E-state index in [1.54, 1.807) is 0 Å². The van der Waals surface area contributed by atoms with Crippen molar-refractivity contribution in [1.29, 1.82) is 0 Å². The maximum Gasteiger partial charge on any atom is 0.0594 e. The highest BCUT2D eigenvalue weighted by atomic mass is 16.5. The molecule has 1 unspecified atom stereocenters. The first-order valence-corrected chi connectivity index (χ1v) is 6.71. The lowest BCUT2D eigenvalue weighted by Gasteiger charge is -2.12. The Balaban J connectivity index is 2.98. The molecular weight excluding hydrogens is 202 g/mol. The van der Waals surface area contributed by atoms with Crippen molar-refractivity contribution in [2.45, 2.75) is 52.6 Å². The normalized spacial score (nSPS) is 12.9. The van der Waals surface area contributed by atoms with E-state index in [2.05, 4.69) is 26.1 Å². The maximum atomic E-state index is 5.62. The van der Waals surface area contributed by atoms with E-state index in [0.29, 0.717) is 6.10 Å². The molecule has 0 heterocycles. The van der Waals surface area contributed by atoms with Crippen LogP contribution in [0.25, 0.3) is 0 Å². The molecule has 3 heteroatoms. The van der Waals surface area contributed by atoms with Crippen LogP contribution in [0, 0.1) is 0 Å². The zero-order chi connectivity index (χ0) is 12.1. The molecule has 0 radical (unpaired) electrons. The average molecular weight is 231 g/mol. The first-order chi connectivity index (χ1) is 7.81. The third-order valence-electron chi connectivity index (χ3n) is 2.44. The molecule has 3 nitrogen and oxygen atoms in total. The summed E-state index contributed by atoms with van der Waals surface area (Å²) < 4.78 is 11.1. The van der Waals surface area contributed by atoms with Crippen molar-refractivity contribution in [2.24, 2.45) is 0 Å². The SMILES string of the molecule is CCCCOCCNCCOC(C)CCC. The van der Waals surface area contributed by atoms with Gasteiger partial charge in [0, 0.05) is 19.7 Å². The van der Waals surface area contributed by atoms with Gasteiger partial charge in [0.2, 0.25) is 0 Å². The highest BCUT2D eigenvalue weighted by Crippen LogP contribution is 1.99. The second-order valence-electron chi connectivity index (χ2n) is 4.19. The van der Waals surface area contributed by atoms with Gasteiger partial charge in [0.1, 0.15) is 0 Å². The van der Waals surface area contributed by atoms with E-state index in [1.807, 2.05) is 0 Å². The van der Waals surface area contributed by atoms with Crippen molar-refractivity contribution >= 4 is 0 Å². The third kappa shape index (κ3) is 12.0. The van der Waals surface area contributed by atoms with E-state index in [0.717, 1.165) is 45.8 Å². The first-order valence-electron chi connectivity index (χ1n) is 6.71. The minimum Gasteiger partial charge on any atom is -0.380 e. The minimum atomic E-state index is 0.396. The van der Waals surface area contributed by atoms with Crippen LogP contribution < -0.4 is 5.32 Å². The van der Waals surface area contributed by atoms with Gasteiger partial charge in [0.25, 0.3) is 0 Å². The zero-order valence-corrected chi connectivity index (χ0v) is 11.3. The Bertz CT molecular complexity index is 131. The standard InChI is InChI=1S/C13H29NO2/c1-4-6-10-15-11-8-14-9-12-16-13(3)7-5-2/h13-14H,4-12H2,1-3H3. The fourth-order valence-corrected chi connectivity index (χ4v) is 1.44. The number of rotatable bonds is 12. The summed E-state index contributed by atoms with van der Waals surface area (Å²) in [5.74, 6) is 0. The largest absolute Gasteiger partial charge is 0.380 e. The summed E-state index contributed by atoms with van der Waals surface area (Å²) in [5.41, 5.74) is 0. The fourth-order valence-electron chi connectivity index (χ4n) is 1.44. The number of ether oxygens (including phenoxy) is 2. The third-order valence-corrected chi connectivity index (χ3v) is 2.44. The molecule has 1 atom stereocenters. The molecule has 0 amide bonds. The summed E-state index contributed by atoms with van der Waals surface area (Å²) in [6, 6.07) is 0. The van der Waals surface area contributed by atoms with Crippen molar-refractivity contribution < 1.29 is 9.47 Å². The lowest BCUT2D eigenvalue weighted by molar-refractivity contribution is 0.0601. The van der Waals surface area contributed by atoms with Crippen LogP contribution in [0.1, 0.15) is 46.5 Å². The van der Waals surface area contributed by atoms with Crippen LogP contribution in [0.15, 0.2) is 0 Å². The number of unbranched alkanes of at least 4 members (excludes halogenated alkanes) is 1. The van der Waals surface area contributed by atoms with Crippen molar-refractivity contribution in [3.05, 3.63) is 0 Å². The molecule has 0 aromatic rings. The van der Waals surface area contributed by atoms with E-state index >= 15 is 0 Å². The van der Waals surface area contributed by atoms with Crippen LogP contribution >= 0.6 is 0 Å². The molecule has 0 saturated heterocycles. The number of hydrogen-bond donors (Lipinski definition) is 1. The molecule has 0 aliphatic rings. The molecule has 0 spiro atoms. The Kier molecular flexibility index (Phi) is 12.9. The molecule has 0 fully saturated rings. The van der Waals surface area contributed by atoms with Gasteiger partial charge in [-0.15, -0.1) is 0 Å². The Labute approximate surface area is 101 Å². The van der Waals surface area contributed by atoms with Crippen LogP contribution in [0.4, 0.5) is 0 Å². The van der Waals surface area contributed by atoms with Gasteiger partial charge >= 0.3 is 0 Å². The van der Waals surface area contributed by atoms with Crippen molar-refractivity contribution in [3.8, 4) is 0 Å². The molecule has 0 bridgehead atoms. The van der Waals surface area contributed by atoms with Crippen molar-refractivity contribution in [3.63, 3.8) is 0 Å². The average Bonchev–Trinajstić information content (AvgIpc) is 2.27. The number of nitrogens with one attached hydrogen (secondary N) is 1. The lowest BCUT2D eigenvalue weighted by atomic mass is 10.2. The summed E-state index contributed by atoms with van der Waals surface area (Å²) in [7, 11) is 0. The highest BCUT2D eigenvalue weighted by Gasteiger charge is 1.98. The van der Waals surface area contributed by atoms with Gasteiger partial charge in [-0.25, -0.2) is 0 Å². The summed E-state index contributed by atoms with van der Waals surface area (Å²) in [6.07, 6.45) is 5.11. The molecular formula is C13H29NO2. The molecule has 0 aliphatic carbocycles.